The van der Waals surface area contributed by atoms with Crippen LogP contribution in [-0.2, 0) is 0 Å². The first-order valence-electron chi connectivity index (χ1n) is 7.10. The summed E-state index contributed by atoms with van der Waals surface area (Å²) < 4.78 is 22.2. The van der Waals surface area contributed by atoms with Gasteiger partial charge in [-0.1, -0.05) is 17.7 Å². The Morgan fingerprint density at radius 2 is 1.65 bits per heavy atom. The smallest absolute Gasteiger partial charge is 0.203 e. The van der Waals surface area contributed by atoms with Crippen LogP contribution >= 0.6 is 11.6 Å². The number of ether oxygens (including phenoxy) is 4. The minimum atomic E-state index is -0.239. The van der Waals surface area contributed by atoms with Crippen molar-refractivity contribution in [3.63, 3.8) is 0 Å². The lowest BCUT2D eigenvalue weighted by molar-refractivity contribution is 0.249. The second-order valence-corrected chi connectivity index (χ2v) is 5.47. The van der Waals surface area contributed by atoms with Gasteiger partial charge in [0.1, 0.15) is 11.9 Å². The largest absolute Gasteiger partial charge is 0.493 e. The third-order valence-electron chi connectivity index (χ3n) is 3.69. The van der Waals surface area contributed by atoms with Crippen LogP contribution in [-0.4, -0.2) is 21.3 Å². The molecule has 0 saturated carbocycles. The van der Waals surface area contributed by atoms with Gasteiger partial charge in [0.2, 0.25) is 5.75 Å². The molecule has 1 aliphatic heterocycles. The van der Waals surface area contributed by atoms with Crippen molar-refractivity contribution in [2.75, 3.05) is 21.3 Å². The van der Waals surface area contributed by atoms with Gasteiger partial charge >= 0.3 is 0 Å². The van der Waals surface area contributed by atoms with Gasteiger partial charge in [0, 0.05) is 16.1 Å². The highest BCUT2D eigenvalue weighted by molar-refractivity contribution is 6.30. The molecule has 23 heavy (non-hydrogen) atoms. The van der Waals surface area contributed by atoms with Gasteiger partial charge in [0.15, 0.2) is 11.5 Å². The van der Waals surface area contributed by atoms with E-state index in [1.807, 2.05) is 42.5 Å². The van der Waals surface area contributed by atoms with Gasteiger partial charge in [-0.15, -0.1) is 0 Å². The van der Waals surface area contributed by atoms with Crippen molar-refractivity contribution < 1.29 is 18.9 Å². The molecule has 5 heteroatoms. The Kier molecular flexibility index (Phi) is 4.35. The molecule has 0 N–H and O–H groups in total. The molecule has 1 heterocycles. The maximum Gasteiger partial charge on any atom is 0.203 e. The van der Waals surface area contributed by atoms with Crippen LogP contribution in [0.15, 0.2) is 36.4 Å². The maximum atomic E-state index is 6.05. The SMILES string of the molecule is COc1cc(C2C=Cc3cc(Cl)ccc3O2)cc(OC)c1OC. The zero-order valence-corrected chi connectivity index (χ0v) is 13.9. The van der Waals surface area contributed by atoms with E-state index in [0.717, 1.165) is 16.9 Å². The van der Waals surface area contributed by atoms with Crippen LogP contribution < -0.4 is 18.9 Å². The molecule has 0 aliphatic carbocycles. The normalized spacial score (nSPS) is 15.6. The van der Waals surface area contributed by atoms with E-state index in [2.05, 4.69) is 0 Å². The first-order valence-corrected chi connectivity index (χ1v) is 7.48. The van der Waals surface area contributed by atoms with Crippen molar-refractivity contribution >= 4 is 17.7 Å². The molecule has 0 radical (unpaired) electrons. The number of hydrogen-bond donors (Lipinski definition) is 0. The third-order valence-corrected chi connectivity index (χ3v) is 3.93. The highest BCUT2D eigenvalue weighted by Gasteiger charge is 2.21. The van der Waals surface area contributed by atoms with E-state index in [0.29, 0.717) is 22.3 Å². The summed E-state index contributed by atoms with van der Waals surface area (Å²) in [6.45, 7) is 0. The topological polar surface area (TPSA) is 36.9 Å². The van der Waals surface area contributed by atoms with Gasteiger partial charge in [0.05, 0.1) is 21.3 Å². The average Bonchev–Trinajstić information content (AvgIpc) is 2.59. The number of fused-ring (bicyclic) bond motifs is 1. The Morgan fingerprint density at radius 3 is 2.26 bits per heavy atom. The van der Waals surface area contributed by atoms with Gasteiger partial charge in [-0.3, -0.25) is 0 Å². The fourth-order valence-corrected chi connectivity index (χ4v) is 2.75. The summed E-state index contributed by atoms with van der Waals surface area (Å²) in [5.41, 5.74) is 1.87. The van der Waals surface area contributed by atoms with Crippen molar-refractivity contribution in [3.8, 4) is 23.0 Å². The monoisotopic (exact) mass is 332 g/mol. The molecule has 1 aliphatic rings. The first kappa shape index (κ1) is 15.6. The lowest BCUT2D eigenvalue weighted by Crippen LogP contribution is -2.09. The van der Waals surface area contributed by atoms with E-state index in [9.17, 15) is 0 Å². The molecule has 2 aromatic carbocycles. The Labute approximate surface area is 140 Å². The van der Waals surface area contributed by atoms with Gasteiger partial charge in [-0.05, 0) is 36.4 Å². The fourth-order valence-electron chi connectivity index (χ4n) is 2.57. The minimum Gasteiger partial charge on any atom is -0.493 e. The van der Waals surface area contributed by atoms with Crippen LogP contribution in [0.5, 0.6) is 23.0 Å². The van der Waals surface area contributed by atoms with E-state index < -0.39 is 0 Å². The molecule has 120 valence electrons. The van der Waals surface area contributed by atoms with E-state index in [1.54, 1.807) is 21.3 Å². The molecule has 0 saturated heterocycles. The predicted molar refractivity (Wildman–Crippen MR) is 90.0 cm³/mol. The summed E-state index contributed by atoms with van der Waals surface area (Å²) >= 11 is 6.01. The van der Waals surface area contributed by atoms with Crippen LogP contribution in [0.4, 0.5) is 0 Å². The second-order valence-electron chi connectivity index (χ2n) is 5.04. The van der Waals surface area contributed by atoms with E-state index >= 15 is 0 Å². The summed E-state index contributed by atoms with van der Waals surface area (Å²) in [4.78, 5) is 0. The summed E-state index contributed by atoms with van der Waals surface area (Å²) in [7, 11) is 4.77. The van der Waals surface area contributed by atoms with Crippen molar-refractivity contribution in [2.24, 2.45) is 0 Å². The Morgan fingerprint density at radius 1 is 0.957 bits per heavy atom. The number of hydrogen-bond acceptors (Lipinski definition) is 4. The molecule has 4 nitrogen and oxygen atoms in total. The predicted octanol–water partition coefficient (Wildman–Crippen LogP) is 4.51. The molecular formula is C18H17ClO4. The van der Waals surface area contributed by atoms with Crippen molar-refractivity contribution in [3.05, 3.63) is 52.6 Å². The number of halogens is 1. The van der Waals surface area contributed by atoms with E-state index in [4.69, 9.17) is 30.5 Å². The number of rotatable bonds is 4. The van der Waals surface area contributed by atoms with Crippen LogP contribution in [0.1, 0.15) is 17.2 Å². The Bertz CT molecular complexity index is 730. The van der Waals surface area contributed by atoms with Crippen LogP contribution in [0.25, 0.3) is 6.08 Å². The van der Waals surface area contributed by atoms with Crippen molar-refractivity contribution in [2.45, 2.75) is 6.10 Å². The standard InChI is InChI=1S/C18H17ClO4/c1-20-16-9-12(10-17(21-2)18(16)22-3)15-6-4-11-8-13(19)5-7-14(11)23-15/h4-10,15H,1-3H3. The highest BCUT2D eigenvalue weighted by atomic mass is 35.5. The molecule has 3 rings (SSSR count). The van der Waals surface area contributed by atoms with Crippen LogP contribution in [0, 0.1) is 0 Å². The van der Waals surface area contributed by atoms with Crippen LogP contribution in [0.3, 0.4) is 0 Å². The Hall–Kier alpha value is -2.33. The molecule has 1 atom stereocenters. The fraction of sp³-hybridized carbons (Fsp3) is 0.222. The molecular weight excluding hydrogens is 316 g/mol. The summed E-state index contributed by atoms with van der Waals surface area (Å²) in [5, 5.41) is 0.684. The molecule has 0 aromatic heterocycles. The zero-order valence-electron chi connectivity index (χ0n) is 13.1. The van der Waals surface area contributed by atoms with Gasteiger partial charge in [-0.2, -0.15) is 0 Å². The molecule has 0 fully saturated rings. The van der Waals surface area contributed by atoms with Gasteiger partial charge in [-0.25, -0.2) is 0 Å². The molecule has 0 spiro atoms. The maximum absolute atomic E-state index is 6.05. The summed E-state index contributed by atoms with van der Waals surface area (Å²) in [6.07, 6.45) is 3.73. The lowest BCUT2D eigenvalue weighted by atomic mass is 10.0. The summed E-state index contributed by atoms with van der Waals surface area (Å²) in [6, 6.07) is 9.32. The second kappa shape index (κ2) is 6.42. The van der Waals surface area contributed by atoms with Crippen molar-refractivity contribution in [1.82, 2.24) is 0 Å². The quantitative estimate of drug-likeness (QED) is 0.825. The van der Waals surface area contributed by atoms with Gasteiger partial charge < -0.3 is 18.9 Å². The molecule has 2 aromatic rings. The van der Waals surface area contributed by atoms with E-state index in [-0.39, 0.29) is 6.10 Å². The van der Waals surface area contributed by atoms with Gasteiger partial charge in [0.25, 0.3) is 0 Å². The minimum absolute atomic E-state index is 0.239. The number of methoxy groups -OCH3 is 3. The van der Waals surface area contributed by atoms with E-state index in [1.165, 1.54) is 0 Å². The number of benzene rings is 2. The average molecular weight is 333 g/mol. The first-order chi connectivity index (χ1) is 11.2. The zero-order chi connectivity index (χ0) is 16.4. The molecule has 0 bridgehead atoms. The highest BCUT2D eigenvalue weighted by Crippen LogP contribution is 2.42. The Balaban J connectivity index is 1.99. The van der Waals surface area contributed by atoms with Crippen LogP contribution in [0.2, 0.25) is 5.02 Å². The summed E-state index contributed by atoms with van der Waals surface area (Å²) in [5.74, 6) is 2.54. The van der Waals surface area contributed by atoms with Crippen molar-refractivity contribution in [1.29, 1.82) is 0 Å². The molecule has 1 unspecified atom stereocenters. The lowest BCUT2D eigenvalue weighted by Gasteiger charge is -2.23. The molecule has 0 amide bonds. The third kappa shape index (κ3) is 2.94.